The van der Waals surface area contributed by atoms with Gasteiger partial charge in [-0.1, -0.05) is 25.0 Å². The molecule has 2 aromatic carbocycles. The molecule has 1 aliphatic carbocycles. The Labute approximate surface area is 164 Å². The van der Waals surface area contributed by atoms with Gasteiger partial charge in [0.15, 0.2) is 0 Å². The summed E-state index contributed by atoms with van der Waals surface area (Å²) < 4.78 is 30.1. The molecule has 1 saturated carbocycles. The molecule has 1 aliphatic rings. The van der Waals surface area contributed by atoms with Crippen molar-refractivity contribution < 1.29 is 18.7 Å². The van der Waals surface area contributed by atoms with Crippen LogP contribution in [0.5, 0.6) is 0 Å². The van der Waals surface area contributed by atoms with E-state index in [-0.39, 0.29) is 27.8 Å². The highest BCUT2D eigenvalue weighted by Gasteiger charge is 2.21. The molecular weight excluding hydrogens is 360 g/mol. The number of hydrogen-bond donors (Lipinski definition) is 2. The van der Waals surface area contributed by atoms with E-state index in [1.165, 1.54) is 39.7 Å². The number of aliphatic carboxylic acids is 1. The Morgan fingerprint density at radius 2 is 1.68 bits per heavy atom. The highest BCUT2D eigenvalue weighted by molar-refractivity contribution is 5.92. The second-order valence-corrected chi connectivity index (χ2v) is 7.50. The highest BCUT2D eigenvalue weighted by atomic mass is 19.1. The van der Waals surface area contributed by atoms with Crippen molar-refractivity contribution in [3.05, 3.63) is 58.2 Å². The van der Waals surface area contributed by atoms with Gasteiger partial charge in [-0.05, 0) is 68.5 Å². The predicted octanol–water partition coefficient (Wildman–Crippen LogP) is 6.09. The fourth-order valence-corrected chi connectivity index (χ4v) is 3.78. The first-order valence-corrected chi connectivity index (χ1v) is 9.56. The molecule has 0 amide bonds. The number of carbonyl (C=O) groups is 1. The van der Waals surface area contributed by atoms with E-state index in [2.05, 4.69) is 5.32 Å². The van der Waals surface area contributed by atoms with Gasteiger partial charge in [0, 0.05) is 28.4 Å². The Bertz CT molecular complexity index is 898. The van der Waals surface area contributed by atoms with E-state index in [0.717, 1.165) is 18.5 Å². The topological polar surface area (TPSA) is 49.3 Å². The van der Waals surface area contributed by atoms with Crippen molar-refractivity contribution in [1.82, 2.24) is 0 Å². The minimum absolute atomic E-state index is 0.0156. The molecule has 28 heavy (non-hydrogen) atoms. The molecule has 0 aromatic heterocycles. The molecule has 0 radical (unpaired) electrons. The highest BCUT2D eigenvalue weighted by Crippen LogP contribution is 2.35. The zero-order chi connectivity index (χ0) is 20.4. The van der Waals surface area contributed by atoms with Crippen LogP contribution < -0.4 is 5.32 Å². The van der Waals surface area contributed by atoms with Crippen LogP contribution in [-0.4, -0.2) is 17.1 Å². The third-order valence-electron chi connectivity index (χ3n) is 5.49. The number of rotatable bonds is 5. The van der Waals surface area contributed by atoms with Crippen LogP contribution >= 0.6 is 0 Å². The first-order chi connectivity index (χ1) is 13.3. The van der Waals surface area contributed by atoms with E-state index in [1.807, 2.05) is 12.1 Å². The van der Waals surface area contributed by atoms with Crippen LogP contribution in [0, 0.1) is 25.5 Å². The van der Waals surface area contributed by atoms with Gasteiger partial charge < -0.3 is 10.4 Å². The molecule has 3 nitrogen and oxygen atoms in total. The van der Waals surface area contributed by atoms with Gasteiger partial charge in [0.05, 0.1) is 0 Å². The maximum atomic E-state index is 15.1. The molecule has 5 heteroatoms. The summed E-state index contributed by atoms with van der Waals surface area (Å²) in [6, 6.07) is 7.84. The van der Waals surface area contributed by atoms with Crippen molar-refractivity contribution >= 4 is 17.7 Å². The summed E-state index contributed by atoms with van der Waals surface area (Å²) >= 11 is 0. The molecule has 0 unspecified atom stereocenters. The summed E-state index contributed by atoms with van der Waals surface area (Å²) in [5.74, 6) is -2.28. The maximum absolute atomic E-state index is 15.1. The Kier molecular flexibility index (Phi) is 5.82. The molecule has 0 saturated heterocycles. The molecule has 0 bridgehead atoms. The SMILES string of the molecule is C/C(=C\c1c(C)c(F)c(-c2ccc(NC3CCCC3)cc2)c(C)c1F)C(=O)O. The van der Waals surface area contributed by atoms with Crippen molar-refractivity contribution in [2.45, 2.75) is 52.5 Å². The smallest absolute Gasteiger partial charge is 0.331 e. The second kappa shape index (κ2) is 8.13. The van der Waals surface area contributed by atoms with Gasteiger partial charge in [0.1, 0.15) is 11.6 Å². The van der Waals surface area contributed by atoms with E-state index in [4.69, 9.17) is 5.11 Å². The van der Waals surface area contributed by atoms with Crippen LogP contribution in [0.2, 0.25) is 0 Å². The van der Waals surface area contributed by atoms with Gasteiger partial charge in [-0.25, -0.2) is 13.6 Å². The van der Waals surface area contributed by atoms with Crippen molar-refractivity contribution in [3.8, 4) is 11.1 Å². The van der Waals surface area contributed by atoms with Crippen molar-refractivity contribution in [3.63, 3.8) is 0 Å². The minimum atomic E-state index is -1.16. The van der Waals surface area contributed by atoms with Gasteiger partial charge in [0.25, 0.3) is 0 Å². The normalized spacial score (nSPS) is 15.1. The molecule has 0 spiro atoms. The standard InChI is InChI=1S/C23H25F2NO2/c1-13(23(27)28)12-19-14(2)22(25)20(15(3)21(19)24)16-8-10-18(11-9-16)26-17-6-4-5-7-17/h8-12,17,26H,4-7H2,1-3H3,(H,27,28)/b13-12+. The first-order valence-electron chi connectivity index (χ1n) is 9.56. The minimum Gasteiger partial charge on any atom is -0.478 e. The fourth-order valence-electron chi connectivity index (χ4n) is 3.78. The fraction of sp³-hybridized carbons (Fsp3) is 0.348. The molecule has 0 atom stereocenters. The summed E-state index contributed by atoms with van der Waals surface area (Å²) in [6.45, 7) is 4.35. The van der Waals surface area contributed by atoms with Crippen LogP contribution in [0.3, 0.4) is 0 Å². The molecule has 2 aromatic rings. The lowest BCUT2D eigenvalue weighted by molar-refractivity contribution is -0.132. The molecule has 1 fully saturated rings. The van der Waals surface area contributed by atoms with E-state index in [0.29, 0.717) is 11.6 Å². The first kappa shape index (κ1) is 20.1. The van der Waals surface area contributed by atoms with Crippen LogP contribution in [0.25, 0.3) is 17.2 Å². The summed E-state index contributed by atoms with van der Waals surface area (Å²) in [5.41, 5.74) is 2.00. The number of anilines is 1. The van der Waals surface area contributed by atoms with Crippen molar-refractivity contribution in [2.75, 3.05) is 5.32 Å². The molecule has 0 aliphatic heterocycles. The van der Waals surface area contributed by atoms with Crippen molar-refractivity contribution in [1.29, 1.82) is 0 Å². The van der Waals surface area contributed by atoms with Crippen LogP contribution in [0.4, 0.5) is 14.5 Å². The zero-order valence-corrected chi connectivity index (χ0v) is 16.4. The average molecular weight is 385 g/mol. The Hall–Kier alpha value is -2.69. The second-order valence-electron chi connectivity index (χ2n) is 7.50. The molecule has 148 valence electrons. The third kappa shape index (κ3) is 3.93. The monoisotopic (exact) mass is 385 g/mol. The van der Waals surface area contributed by atoms with Gasteiger partial charge >= 0.3 is 5.97 Å². The number of hydrogen-bond acceptors (Lipinski definition) is 2. The number of nitrogens with one attached hydrogen (secondary N) is 1. The Morgan fingerprint density at radius 3 is 2.25 bits per heavy atom. The molecular formula is C23H25F2NO2. The maximum Gasteiger partial charge on any atom is 0.331 e. The average Bonchev–Trinajstić information content (AvgIpc) is 3.18. The predicted molar refractivity (Wildman–Crippen MR) is 108 cm³/mol. The zero-order valence-electron chi connectivity index (χ0n) is 16.4. The third-order valence-corrected chi connectivity index (χ3v) is 5.49. The van der Waals surface area contributed by atoms with Crippen LogP contribution in [-0.2, 0) is 4.79 Å². The molecule has 2 N–H and O–H groups in total. The number of benzene rings is 2. The Morgan fingerprint density at radius 1 is 1.07 bits per heavy atom. The van der Waals surface area contributed by atoms with Gasteiger partial charge in [-0.15, -0.1) is 0 Å². The Balaban J connectivity index is 1.98. The van der Waals surface area contributed by atoms with Gasteiger partial charge in [-0.2, -0.15) is 0 Å². The lowest BCUT2D eigenvalue weighted by Crippen LogP contribution is -2.14. The quantitative estimate of drug-likeness (QED) is 0.612. The summed E-state index contributed by atoms with van der Waals surface area (Å²) in [5, 5.41) is 12.5. The summed E-state index contributed by atoms with van der Waals surface area (Å²) in [4.78, 5) is 11.0. The molecule has 0 heterocycles. The lowest BCUT2D eigenvalue weighted by Gasteiger charge is -2.17. The van der Waals surface area contributed by atoms with E-state index >= 15 is 4.39 Å². The van der Waals surface area contributed by atoms with E-state index < -0.39 is 17.6 Å². The van der Waals surface area contributed by atoms with E-state index in [1.54, 1.807) is 12.1 Å². The number of carboxylic acid groups (broad SMARTS) is 1. The summed E-state index contributed by atoms with van der Waals surface area (Å²) in [7, 11) is 0. The van der Waals surface area contributed by atoms with E-state index in [9.17, 15) is 9.18 Å². The van der Waals surface area contributed by atoms with Crippen LogP contribution in [0.1, 0.15) is 49.3 Å². The lowest BCUT2D eigenvalue weighted by atomic mass is 9.92. The largest absolute Gasteiger partial charge is 0.478 e. The molecule has 3 rings (SSSR count). The van der Waals surface area contributed by atoms with Crippen molar-refractivity contribution in [2.24, 2.45) is 0 Å². The van der Waals surface area contributed by atoms with Crippen LogP contribution in [0.15, 0.2) is 29.8 Å². The number of halogens is 2. The van der Waals surface area contributed by atoms with Gasteiger partial charge in [0.2, 0.25) is 0 Å². The summed E-state index contributed by atoms with van der Waals surface area (Å²) in [6.07, 6.45) is 5.97. The van der Waals surface area contributed by atoms with Gasteiger partial charge in [-0.3, -0.25) is 0 Å². The number of carboxylic acids is 1.